The van der Waals surface area contributed by atoms with Crippen LogP contribution in [0.15, 0.2) is 76.7 Å². The van der Waals surface area contributed by atoms with Crippen LogP contribution in [0.25, 0.3) is 0 Å². The number of aromatic carboxylic acids is 1. The topological polar surface area (TPSA) is 65.9 Å². The predicted octanol–water partition coefficient (Wildman–Crippen LogP) is 4.26. The van der Waals surface area contributed by atoms with E-state index in [2.05, 4.69) is 39.0 Å². The molecule has 0 spiro atoms. The van der Waals surface area contributed by atoms with Crippen LogP contribution in [0.3, 0.4) is 0 Å². The molecule has 6 nitrogen and oxygen atoms in total. The van der Waals surface area contributed by atoms with Crippen LogP contribution >= 0.6 is 11.8 Å². The van der Waals surface area contributed by atoms with Crippen molar-refractivity contribution < 1.29 is 14.6 Å². The summed E-state index contributed by atoms with van der Waals surface area (Å²) in [5.41, 5.74) is 1.53. The Labute approximate surface area is 186 Å². The Hall–Kier alpha value is -3.03. The number of hydrogen-bond acceptors (Lipinski definition) is 6. The average molecular weight is 436 g/mol. The monoisotopic (exact) mass is 435 g/mol. The number of piperazine rings is 1. The number of aromatic nitrogens is 1. The number of rotatable bonds is 7. The first-order chi connectivity index (χ1) is 15.2. The summed E-state index contributed by atoms with van der Waals surface area (Å²) in [4.78, 5) is 22.7. The fraction of sp³-hybridized carbons (Fsp3) is 0.250. The molecule has 0 bridgehead atoms. The van der Waals surface area contributed by atoms with Gasteiger partial charge < -0.3 is 14.7 Å². The molecule has 1 aliphatic heterocycles. The van der Waals surface area contributed by atoms with Crippen molar-refractivity contribution in [2.75, 3.05) is 38.2 Å². The van der Waals surface area contributed by atoms with Crippen LogP contribution in [0.4, 0.5) is 5.82 Å². The highest BCUT2D eigenvalue weighted by molar-refractivity contribution is 7.99. The van der Waals surface area contributed by atoms with E-state index < -0.39 is 5.97 Å². The number of methoxy groups -OCH3 is 1. The zero-order chi connectivity index (χ0) is 21.6. The van der Waals surface area contributed by atoms with Crippen molar-refractivity contribution in [2.24, 2.45) is 0 Å². The molecule has 0 saturated carbocycles. The number of pyridine rings is 1. The van der Waals surface area contributed by atoms with Crippen LogP contribution in [0, 0.1) is 0 Å². The van der Waals surface area contributed by atoms with E-state index in [1.165, 1.54) is 17.3 Å². The van der Waals surface area contributed by atoms with Crippen molar-refractivity contribution in [3.8, 4) is 5.75 Å². The van der Waals surface area contributed by atoms with E-state index in [-0.39, 0.29) is 5.56 Å². The van der Waals surface area contributed by atoms with Gasteiger partial charge in [0.1, 0.15) is 17.1 Å². The van der Waals surface area contributed by atoms with Gasteiger partial charge in [-0.25, -0.2) is 9.78 Å². The van der Waals surface area contributed by atoms with Crippen molar-refractivity contribution in [1.82, 2.24) is 9.88 Å². The lowest BCUT2D eigenvalue weighted by Gasteiger charge is -2.36. The van der Waals surface area contributed by atoms with Crippen LogP contribution in [-0.2, 0) is 6.54 Å². The molecule has 1 fully saturated rings. The Morgan fingerprint density at radius 2 is 1.71 bits per heavy atom. The van der Waals surface area contributed by atoms with Gasteiger partial charge in [0.2, 0.25) is 0 Å². The quantitative estimate of drug-likeness (QED) is 0.595. The average Bonchev–Trinajstić information content (AvgIpc) is 2.80. The number of carboxylic acid groups (broad SMARTS) is 1. The first kappa shape index (κ1) is 21.2. The molecule has 0 amide bonds. The third-order valence-corrected chi connectivity index (χ3v) is 6.43. The van der Waals surface area contributed by atoms with Crippen molar-refractivity contribution in [3.63, 3.8) is 0 Å². The van der Waals surface area contributed by atoms with Crippen molar-refractivity contribution in [2.45, 2.75) is 16.3 Å². The Kier molecular flexibility index (Phi) is 6.74. The molecule has 2 heterocycles. The molecular formula is C24H25N3O3S. The number of benzene rings is 2. The van der Waals surface area contributed by atoms with Crippen LogP contribution in [0.2, 0.25) is 0 Å². The second kappa shape index (κ2) is 9.85. The third kappa shape index (κ3) is 5.00. The predicted molar refractivity (Wildman–Crippen MR) is 122 cm³/mol. The zero-order valence-electron chi connectivity index (χ0n) is 17.4. The zero-order valence-corrected chi connectivity index (χ0v) is 18.2. The summed E-state index contributed by atoms with van der Waals surface area (Å²) in [6, 6.07) is 19.8. The summed E-state index contributed by atoms with van der Waals surface area (Å²) in [6.45, 7) is 4.10. The minimum atomic E-state index is -0.966. The fourth-order valence-corrected chi connectivity index (χ4v) is 4.79. The number of para-hydroxylation sites is 1. The van der Waals surface area contributed by atoms with Gasteiger partial charge in [-0.1, -0.05) is 54.2 Å². The molecule has 0 aliphatic carbocycles. The summed E-state index contributed by atoms with van der Waals surface area (Å²) in [6.07, 6.45) is 1.69. The summed E-state index contributed by atoms with van der Waals surface area (Å²) in [5, 5.41) is 10.0. The Bertz CT molecular complexity index is 1040. The molecule has 7 heteroatoms. The number of anilines is 1. The smallest absolute Gasteiger partial charge is 0.340 e. The largest absolute Gasteiger partial charge is 0.496 e. The van der Waals surface area contributed by atoms with E-state index in [1.807, 2.05) is 30.3 Å². The van der Waals surface area contributed by atoms with E-state index in [0.717, 1.165) is 43.4 Å². The second-order valence-electron chi connectivity index (χ2n) is 7.31. The normalized spacial score (nSPS) is 14.4. The summed E-state index contributed by atoms with van der Waals surface area (Å²) < 4.78 is 5.43. The van der Waals surface area contributed by atoms with Gasteiger partial charge in [0.25, 0.3) is 0 Å². The highest BCUT2D eigenvalue weighted by atomic mass is 32.2. The minimum absolute atomic E-state index is 0.245. The van der Waals surface area contributed by atoms with Crippen LogP contribution in [-0.4, -0.2) is 54.2 Å². The molecule has 1 aromatic heterocycles. The lowest BCUT2D eigenvalue weighted by molar-refractivity contribution is 0.0693. The maximum Gasteiger partial charge on any atom is 0.340 e. The molecule has 1 aliphatic rings. The van der Waals surface area contributed by atoms with Gasteiger partial charge in [-0.05, 0) is 23.8 Å². The standard InChI is InChI=1S/C24H25N3O3S/c1-30-19-9-5-6-10-20(19)31-21-11-12-25-23(22(21)24(28)29)27-15-13-26(14-16-27)17-18-7-3-2-4-8-18/h2-12H,13-17H2,1H3,(H,28,29). The van der Waals surface area contributed by atoms with Gasteiger partial charge in [-0.2, -0.15) is 0 Å². The minimum Gasteiger partial charge on any atom is -0.496 e. The summed E-state index contributed by atoms with van der Waals surface area (Å²) in [7, 11) is 1.62. The van der Waals surface area contributed by atoms with E-state index in [0.29, 0.717) is 10.7 Å². The van der Waals surface area contributed by atoms with Gasteiger partial charge in [0.15, 0.2) is 0 Å². The molecule has 1 N–H and O–H groups in total. The van der Waals surface area contributed by atoms with E-state index in [9.17, 15) is 9.90 Å². The molecule has 2 aromatic carbocycles. The number of hydrogen-bond donors (Lipinski definition) is 1. The van der Waals surface area contributed by atoms with Crippen LogP contribution < -0.4 is 9.64 Å². The van der Waals surface area contributed by atoms with Gasteiger partial charge in [0.05, 0.1) is 12.0 Å². The number of carbonyl (C=O) groups is 1. The highest BCUT2D eigenvalue weighted by Gasteiger charge is 2.25. The van der Waals surface area contributed by atoms with Gasteiger partial charge in [-0.3, -0.25) is 4.90 Å². The van der Waals surface area contributed by atoms with E-state index >= 15 is 0 Å². The molecule has 4 rings (SSSR count). The van der Waals surface area contributed by atoms with E-state index in [4.69, 9.17) is 4.74 Å². The van der Waals surface area contributed by atoms with Crippen molar-refractivity contribution in [1.29, 1.82) is 0 Å². The molecular weight excluding hydrogens is 410 g/mol. The molecule has 31 heavy (non-hydrogen) atoms. The van der Waals surface area contributed by atoms with Gasteiger partial charge in [0, 0.05) is 43.8 Å². The Morgan fingerprint density at radius 1 is 1.00 bits per heavy atom. The lowest BCUT2D eigenvalue weighted by atomic mass is 10.2. The third-order valence-electron chi connectivity index (χ3n) is 5.32. The first-order valence-corrected chi connectivity index (χ1v) is 11.0. The lowest BCUT2D eigenvalue weighted by Crippen LogP contribution is -2.46. The molecule has 0 radical (unpaired) electrons. The van der Waals surface area contributed by atoms with Crippen molar-refractivity contribution in [3.05, 3.63) is 78.0 Å². The summed E-state index contributed by atoms with van der Waals surface area (Å²) in [5.74, 6) is 0.288. The number of nitrogens with zero attached hydrogens (tertiary/aromatic N) is 3. The van der Waals surface area contributed by atoms with Crippen LogP contribution in [0.1, 0.15) is 15.9 Å². The molecule has 1 saturated heterocycles. The maximum atomic E-state index is 12.2. The number of carboxylic acids is 1. The Balaban J connectivity index is 1.52. The fourth-order valence-electron chi connectivity index (χ4n) is 3.74. The number of ether oxygens (including phenoxy) is 1. The van der Waals surface area contributed by atoms with Gasteiger partial charge in [-0.15, -0.1) is 0 Å². The Morgan fingerprint density at radius 3 is 2.42 bits per heavy atom. The molecule has 0 atom stereocenters. The van der Waals surface area contributed by atoms with E-state index in [1.54, 1.807) is 19.4 Å². The molecule has 3 aromatic rings. The molecule has 0 unspecified atom stereocenters. The first-order valence-electron chi connectivity index (χ1n) is 10.2. The van der Waals surface area contributed by atoms with Crippen LogP contribution in [0.5, 0.6) is 5.75 Å². The maximum absolute atomic E-state index is 12.2. The van der Waals surface area contributed by atoms with Crippen molar-refractivity contribution >= 4 is 23.5 Å². The second-order valence-corrected chi connectivity index (χ2v) is 8.40. The molecule has 160 valence electrons. The SMILES string of the molecule is COc1ccccc1Sc1ccnc(N2CCN(Cc3ccccc3)CC2)c1C(=O)O. The summed E-state index contributed by atoms with van der Waals surface area (Å²) >= 11 is 1.39. The highest BCUT2D eigenvalue weighted by Crippen LogP contribution is 2.38. The van der Waals surface area contributed by atoms with Gasteiger partial charge >= 0.3 is 5.97 Å².